The molecule has 0 amide bonds. The molecular formula is C33H55NP2. The second kappa shape index (κ2) is 11.9. The number of rotatable bonds is 10. The van der Waals surface area contributed by atoms with E-state index < -0.39 is 14.5 Å². The first kappa shape index (κ1) is 31.3. The molecule has 36 heavy (non-hydrogen) atoms. The van der Waals surface area contributed by atoms with E-state index in [9.17, 15) is 0 Å². The second-order valence-electron chi connectivity index (χ2n) is 12.6. The summed E-state index contributed by atoms with van der Waals surface area (Å²) in [5, 5.41) is 2.95. The van der Waals surface area contributed by atoms with Crippen LogP contribution < -0.4 is 15.5 Å². The fourth-order valence-electron chi connectivity index (χ4n) is 5.47. The van der Waals surface area contributed by atoms with Crippen LogP contribution in [0.1, 0.15) is 106 Å². The largest absolute Gasteiger partial charge is 0.338 e. The summed E-state index contributed by atoms with van der Waals surface area (Å²) >= 11 is 0. The van der Waals surface area contributed by atoms with Crippen LogP contribution in [0.5, 0.6) is 0 Å². The summed E-state index contributed by atoms with van der Waals surface area (Å²) in [6.07, 6.45) is 0. The third-order valence-corrected chi connectivity index (χ3v) is 18.5. The molecule has 0 N–H and O–H groups in total. The maximum atomic E-state index is 5.02. The Bertz CT molecular complexity index is 919. The standard InChI is InChI=1S/C33H55NP2/c1-22(2)28-16-18-30(32(20-28)35(14,24(5)6)25(7)8)34(13)31-19-17-29(23(3)4)21-33(31)36(15,26(9)10)27(11)12/h16-27H,14-15H2,1-13H3. The molecule has 3 heteroatoms. The lowest BCUT2D eigenvalue weighted by Crippen LogP contribution is -2.33. The van der Waals surface area contributed by atoms with Gasteiger partial charge in [0.1, 0.15) is 0 Å². The van der Waals surface area contributed by atoms with E-state index >= 15 is 0 Å². The number of hydrogen-bond acceptors (Lipinski definition) is 1. The Labute approximate surface area is 226 Å². The molecule has 0 radical (unpaired) electrons. The zero-order valence-electron chi connectivity index (χ0n) is 25.7. The van der Waals surface area contributed by atoms with E-state index in [2.05, 4.69) is 131 Å². The van der Waals surface area contributed by atoms with Gasteiger partial charge in [0.2, 0.25) is 0 Å². The van der Waals surface area contributed by atoms with Gasteiger partial charge in [-0.1, -0.05) is 54.4 Å². The summed E-state index contributed by atoms with van der Waals surface area (Å²) in [6.45, 7) is 38.2. The van der Waals surface area contributed by atoms with Crippen molar-refractivity contribution in [2.45, 2.75) is 118 Å². The highest BCUT2D eigenvalue weighted by Crippen LogP contribution is 2.67. The van der Waals surface area contributed by atoms with Crippen LogP contribution in [-0.4, -0.2) is 29.7 Å². The van der Waals surface area contributed by atoms with Gasteiger partial charge in [0.25, 0.3) is 0 Å². The van der Waals surface area contributed by atoms with Crippen LogP contribution in [0.2, 0.25) is 0 Å². The predicted molar refractivity (Wildman–Crippen MR) is 173 cm³/mol. The molecule has 0 atom stereocenters. The third-order valence-electron chi connectivity index (χ3n) is 8.64. The Morgan fingerprint density at radius 3 is 1.03 bits per heavy atom. The topological polar surface area (TPSA) is 3.24 Å². The Hall–Kier alpha value is -0.900. The minimum absolute atomic E-state index is 0.497. The predicted octanol–water partition coefficient (Wildman–Crippen LogP) is 10.2. The lowest BCUT2D eigenvalue weighted by Gasteiger charge is -2.43. The highest BCUT2D eigenvalue weighted by molar-refractivity contribution is 7.85. The molecule has 0 saturated heterocycles. The van der Waals surface area contributed by atoms with E-state index in [1.165, 1.54) is 33.1 Å². The summed E-state index contributed by atoms with van der Waals surface area (Å²) in [6, 6.07) is 14.4. The van der Waals surface area contributed by atoms with Gasteiger partial charge in [-0.25, -0.2) is 0 Å². The van der Waals surface area contributed by atoms with E-state index in [0.29, 0.717) is 34.5 Å². The van der Waals surface area contributed by atoms with Crippen molar-refractivity contribution in [3.05, 3.63) is 60.9 Å². The first-order valence-corrected chi connectivity index (χ1v) is 18.2. The van der Waals surface area contributed by atoms with Crippen molar-refractivity contribution in [2.75, 3.05) is 11.9 Å². The molecule has 2 rings (SSSR count). The summed E-state index contributed by atoms with van der Waals surface area (Å²) in [5.74, 6) is 0.995. The van der Waals surface area contributed by atoms with Crippen LogP contribution in [-0.2, 0) is 0 Å². The van der Waals surface area contributed by atoms with E-state index in [4.69, 9.17) is 13.3 Å². The molecule has 0 aromatic heterocycles. The van der Waals surface area contributed by atoms with Crippen molar-refractivity contribution < 1.29 is 0 Å². The van der Waals surface area contributed by atoms with Crippen molar-refractivity contribution in [2.24, 2.45) is 0 Å². The summed E-state index contributed by atoms with van der Waals surface area (Å²) in [5.41, 5.74) is 7.58. The van der Waals surface area contributed by atoms with E-state index in [0.717, 1.165) is 0 Å². The number of hydrogen-bond donors (Lipinski definition) is 0. The highest BCUT2D eigenvalue weighted by Gasteiger charge is 2.41. The normalized spacial score (nSPS) is 13.2. The molecule has 0 aliphatic heterocycles. The quantitative estimate of drug-likeness (QED) is 0.219. The zero-order chi connectivity index (χ0) is 27.7. The maximum Gasteiger partial charge on any atom is 0.0888 e. The molecule has 0 aliphatic rings. The fraction of sp³-hybridized carbons (Fsp3) is 0.576. The molecule has 0 fully saturated rings. The first-order chi connectivity index (χ1) is 16.5. The fourth-order valence-corrected chi connectivity index (χ4v) is 12.2. The van der Waals surface area contributed by atoms with Crippen molar-refractivity contribution in [3.63, 3.8) is 0 Å². The zero-order valence-corrected chi connectivity index (χ0v) is 27.5. The molecule has 1 nitrogen and oxygen atoms in total. The summed E-state index contributed by atoms with van der Waals surface area (Å²) in [7, 11) is -1.05. The van der Waals surface area contributed by atoms with Crippen molar-refractivity contribution in [1.82, 2.24) is 0 Å². The molecule has 0 saturated carbocycles. The van der Waals surface area contributed by atoms with Gasteiger partial charge in [-0.05, 0) is 103 Å². The van der Waals surface area contributed by atoms with Crippen molar-refractivity contribution in [1.29, 1.82) is 0 Å². The lowest BCUT2D eigenvalue weighted by molar-refractivity contribution is 0.866. The SMILES string of the molecule is [CH2-][P+](c1cc(C(C)C)ccc1N(C)c1ccc(C(C)C)cc1[P+]([CH2-])(C(C)C)C(C)C)(C(C)C)C(C)C. The van der Waals surface area contributed by atoms with Crippen LogP contribution in [0.25, 0.3) is 0 Å². The van der Waals surface area contributed by atoms with Gasteiger partial charge in [0, 0.05) is 29.7 Å². The Balaban J connectivity index is 2.93. The number of nitrogens with zero attached hydrogens (tertiary/aromatic N) is 1. The van der Waals surface area contributed by atoms with Crippen LogP contribution in [0.15, 0.2) is 36.4 Å². The van der Waals surface area contributed by atoms with Crippen LogP contribution in [0.3, 0.4) is 0 Å². The summed E-state index contributed by atoms with van der Waals surface area (Å²) in [4.78, 5) is 2.48. The van der Waals surface area contributed by atoms with Crippen LogP contribution >= 0.6 is 14.5 Å². The van der Waals surface area contributed by atoms with Gasteiger partial charge < -0.3 is 4.90 Å². The second-order valence-corrected chi connectivity index (χ2v) is 21.4. The monoisotopic (exact) mass is 527 g/mol. The molecule has 0 spiro atoms. The first-order valence-electron chi connectivity index (χ1n) is 14.0. The van der Waals surface area contributed by atoms with Crippen molar-refractivity contribution >= 4 is 36.5 Å². The Morgan fingerprint density at radius 2 is 0.806 bits per heavy atom. The molecule has 0 unspecified atom stereocenters. The molecule has 2 aromatic carbocycles. The van der Waals surface area contributed by atoms with Gasteiger partial charge in [0.15, 0.2) is 0 Å². The van der Waals surface area contributed by atoms with E-state index in [1.54, 1.807) is 0 Å². The molecule has 2 aromatic rings. The summed E-state index contributed by atoms with van der Waals surface area (Å²) < 4.78 is 0. The number of benzene rings is 2. The Morgan fingerprint density at radius 1 is 0.528 bits per heavy atom. The average Bonchev–Trinajstić information content (AvgIpc) is 2.80. The third kappa shape index (κ3) is 5.74. The van der Waals surface area contributed by atoms with Crippen LogP contribution in [0.4, 0.5) is 11.4 Å². The smallest absolute Gasteiger partial charge is 0.0888 e. The lowest BCUT2D eigenvalue weighted by atomic mass is 10.0. The van der Waals surface area contributed by atoms with Gasteiger partial charge in [0.05, 0.1) is 22.0 Å². The van der Waals surface area contributed by atoms with Gasteiger partial charge in [-0.2, -0.15) is 13.3 Å². The highest BCUT2D eigenvalue weighted by atomic mass is 31.2. The van der Waals surface area contributed by atoms with E-state index in [1.807, 2.05) is 0 Å². The van der Waals surface area contributed by atoms with Crippen molar-refractivity contribution in [3.8, 4) is 0 Å². The minimum Gasteiger partial charge on any atom is -0.338 e. The molecule has 0 heterocycles. The molecule has 202 valence electrons. The van der Waals surface area contributed by atoms with Gasteiger partial charge in [-0.3, -0.25) is 0 Å². The van der Waals surface area contributed by atoms with E-state index in [-0.39, 0.29) is 0 Å². The molecule has 0 bridgehead atoms. The average molecular weight is 528 g/mol. The van der Waals surface area contributed by atoms with Gasteiger partial charge >= 0.3 is 0 Å². The molecular weight excluding hydrogens is 472 g/mol. The Kier molecular flexibility index (Phi) is 10.3. The minimum atomic E-state index is -1.66. The maximum absolute atomic E-state index is 5.02. The molecule has 0 aliphatic carbocycles. The number of anilines is 2. The van der Waals surface area contributed by atoms with Gasteiger partial charge in [-0.15, -0.1) is 0 Å². The van der Waals surface area contributed by atoms with Crippen LogP contribution in [0, 0.1) is 13.3 Å².